The summed E-state index contributed by atoms with van der Waals surface area (Å²) in [5, 5.41) is 19.1. The largest absolute Gasteiger partial charge is 0.478 e. The lowest BCUT2D eigenvalue weighted by Crippen LogP contribution is -2.24. The Kier molecular flexibility index (Phi) is 5.56. The molecule has 0 saturated carbocycles. The van der Waals surface area contributed by atoms with Crippen molar-refractivity contribution in [2.75, 3.05) is 5.73 Å². The summed E-state index contributed by atoms with van der Waals surface area (Å²) in [5.74, 6) is -4.25. The molecule has 10 heteroatoms. The Labute approximate surface area is 173 Å². The Hall–Kier alpha value is -4.11. The number of halogens is 1. The van der Waals surface area contributed by atoms with E-state index in [2.05, 4.69) is 0 Å². The molecular weight excluding hydrogens is 416 g/mol. The maximum atomic E-state index is 12.2. The van der Waals surface area contributed by atoms with Crippen LogP contribution in [0.1, 0.15) is 31.1 Å². The van der Waals surface area contributed by atoms with Crippen molar-refractivity contribution in [3.8, 4) is 16.9 Å². The number of carboxylic acids is 2. The van der Waals surface area contributed by atoms with Gasteiger partial charge in [-0.15, -0.1) is 0 Å². The Bertz CT molecular complexity index is 1230. The minimum absolute atomic E-state index is 0.0835. The van der Waals surface area contributed by atoms with E-state index in [1.165, 1.54) is 36.4 Å². The molecule has 1 heterocycles. The number of aromatic amines is 1. The molecule has 1 aromatic heterocycles. The number of carboxylic acid groups (broad SMARTS) is 2. The molecule has 9 nitrogen and oxygen atoms in total. The van der Waals surface area contributed by atoms with Crippen molar-refractivity contribution in [3.63, 3.8) is 0 Å². The van der Waals surface area contributed by atoms with Gasteiger partial charge in [0, 0.05) is 5.56 Å². The van der Waals surface area contributed by atoms with Crippen molar-refractivity contribution < 1.29 is 29.3 Å². The number of benzene rings is 2. The van der Waals surface area contributed by atoms with Gasteiger partial charge in [0.05, 0.1) is 10.6 Å². The number of anilines is 1. The van der Waals surface area contributed by atoms with Gasteiger partial charge in [-0.3, -0.25) is 4.79 Å². The predicted molar refractivity (Wildman–Crippen MR) is 107 cm³/mol. The molecule has 0 spiro atoms. The number of nitrogens with one attached hydrogen (secondary N) is 1. The molecule has 152 valence electrons. The lowest BCUT2D eigenvalue weighted by molar-refractivity contribution is 0.0693. The molecule has 0 unspecified atom stereocenters. The molecule has 0 saturated heterocycles. The van der Waals surface area contributed by atoms with E-state index in [9.17, 15) is 29.4 Å². The number of ether oxygens (including phenoxy) is 1. The number of nitrogens with two attached hydrogens (primary N) is 1. The third-order valence-corrected chi connectivity index (χ3v) is 4.45. The molecule has 3 aromatic rings. The van der Waals surface area contributed by atoms with E-state index in [1.807, 2.05) is 4.98 Å². The molecule has 0 bridgehead atoms. The highest BCUT2D eigenvalue weighted by Crippen LogP contribution is 2.30. The van der Waals surface area contributed by atoms with Crippen LogP contribution < -0.4 is 16.0 Å². The molecule has 2 aromatic carbocycles. The average Bonchev–Trinajstić information content (AvgIpc) is 2.67. The van der Waals surface area contributed by atoms with E-state index in [0.717, 1.165) is 0 Å². The fraction of sp³-hybridized carbons (Fsp3) is 0. The SMILES string of the molecule is Nc1[nH]c(=O)c(C(=O)O)c(-c2ccc(OC(=O)c3ccccc3Cl)cc2)c1C(=O)O. The van der Waals surface area contributed by atoms with Crippen molar-refractivity contribution in [2.24, 2.45) is 0 Å². The smallest absolute Gasteiger partial charge is 0.345 e. The Balaban J connectivity index is 2.04. The fourth-order valence-electron chi connectivity index (χ4n) is 2.81. The van der Waals surface area contributed by atoms with Gasteiger partial charge in [0.15, 0.2) is 0 Å². The number of esters is 1. The summed E-state index contributed by atoms with van der Waals surface area (Å²) < 4.78 is 5.23. The molecule has 0 aliphatic heterocycles. The average molecular weight is 429 g/mol. The van der Waals surface area contributed by atoms with Crippen molar-refractivity contribution in [3.05, 3.63) is 80.6 Å². The van der Waals surface area contributed by atoms with Crippen LogP contribution in [0.5, 0.6) is 5.75 Å². The van der Waals surface area contributed by atoms with Crippen LogP contribution in [0, 0.1) is 0 Å². The van der Waals surface area contributed by atoms with E-state index in [-0.39, 0.29) is 27.5 Å². The van der Waals surface area contributed by atoms with Crippen LogP contribution in [0.4, 0.5) is 5.82 Å². The highest BCUT2D eigenvalue weighted by molar-refractivity contribution is 6.33. The topological polar surface area (TPSA) is 160 Å². The summed E-state index contributed by atoms with van der Waals surface area (Å²) in [6.07, 6.45) is 0. The van der Waals surface area contributed by atoms with Crippen molar-refractivity contribution in [1.82, 2.24) is 4.98 Å². The standard InChI is InChI=1S/C20H13ClN2O7/c21-12-4-2-1-3-11(12)20(29)30-10-7-5-9(6-8-10)13-14(18(25)26)16(22)23-17(24)15(13)19(27)28/h1-8H,(H,25,26)(H,27,28)(H3,22,23,24). The van der Waals surface area contributed by atoms with E-state index in [1.54, 1.807) is 12.1 Å². The van der Waals surface area contributed by atoms with Gasteiger partial charge in [-0.25, -0.2) is 14.4 Å². The van der Waals surface area contributed by atoms with Gasteiger partial charge in [-0.05, 0) is 29.8 Å². The fourth-order valence-corrected chi connectivity index (χ4v) is 3.03. The Morgan fingerprint density at radius 3 is 2.10 bits per heavy atom. The van der Waals surface area contributed by atoms with Crippen LogP contribution in [0.15, 0.2) is 53.3 Å². The second-order valence-corrected chi connectivity index (χ2v) is 6.40. The van der Waals surface area contributed by atoms with Crippen LogP contribution in [-0.2, 0) is 0 Å². The number of aromatic carboxylic acids is 2. The molecular formula is C20H13ClN2O7. The molecule has 0 radical (unpaired) electrons. The molecule has 0 aliphatic carbocycles. The normalized spacial score (nSPS) is 10.4. The van der Waals surface area contributed by atoms with Crippen LogP contribution in [-0.4, -0.2) is 33.1 Å². The second-order valence-electron chi connectivity index (χ2n) is 6.00. The first kappa shape index (κ1) is 20.6. The number of hydrogen-bond donors (Lipinski definition) is 4. The van der Waals surface area contributed by atoms with Crippen LogP contribution in [0.2, 0.25) is 5.02 Å². The molecule has 30 heavy (non-hydrogen) atoms. The lowest BCUT2D eigenvalue weighted by Gasteiger charge is -2.12. The van der Waals surface area contributed by atoms with E-state index >= 15 is 0 Å². The molecule has 0 fully saturated rings. The highest BCUT2D eigenvalue weighted by Gasteiger charge is 2.26. The monoisotopic (exact) mass is 428 g/mol. The Morgan fingerprint density at radius 2 is 1.53 bits per heavy atom. The van der Waals surface area contributed by atoms with Gasteiger partial charge in [-0.2, -0.15) is 0 Å². The van der Waals surface area contributed by atoms with E-state index < -0.39 is 40.4 Å². The van der Waals surface area contributed by atoms with E-state index in [0.29, 0.717) is 0 Å². The lowest BCUT2D eigenvalue weighted by atomic mass is 9.95. The zero-order valence-corrected chi connectivity index (χ0v) is 15.8. The molecule has 5 N–H and O–H groups in total. The first-order valence-electron chi connectivity index (χ1n) is 8.30. The summed E-state index contributed by atoms with van der Waals surface area (Å²) in [4.78, 5) is 49.5. The van der Waals surface area contributed by atoms with Gasteiger partial charge >= 0.3 is 17.9 Å². The number of aromatic nitrogens is 1. The maximum Gasteiger partial charge on any atom is 0.345 e. The predicted octanol–water partition coefficient (Wildman–Crippen LogP) is 2.89. The number of carbonyl (C=O) groups excluding carboxylic acids is 1. The summed E-state index contributed by atoms with van der Waals surface area (Å²) in [5.41, 5.74) is 3.08. The summed E-state index contributed by atoms with van der Waals surface area (Å²) in [7, 11) is 0. The minimum Gasteiger partial charge on any atom is -0.478 e. The number of nitrogen functional groups attached to an aromatic ring is 1. The highest BCUT2D eigenvalue weighted by atomic mass is 35.5. The van der Waals surface area contributed by atoms with Crippen LogP contribution in [0.25, 0.3) is 11.1 Å². The van der Waals surface area contributed by atoms with Crippen molar-refractivity contribution >= 4 is 35.3 Å². The molecule has 3 rings (SSSR count). The van der Waals surface area contributed by atoms with Crippen molar-refractivity contribution in [1.29, 1.82) is 0 Å². The maximum absolute atomic E-state index is 12.2. The number of pyridine rings is 1. The zero-order chi connectivity index (χ0) is 22.0. The molecule has 0 atom stereocenters. The van der Waals surface area contributed by atoms with Crippen LogP contribution >= 0.6 is 11.6 Å². The summed E-state index contributed by atoms with van der Waals surface area (Å²) >= 11 is 5.96. The van der Waals surface area contributed by atoms with Crippen LogP contribution in [0.3, 0.4) is 0 Å². The number of H-pyrrole nitrogens is 1. The number of hydrogen-bond acceptors (Lipinski definition) is 6. The van der Waals surface area contributed by atoms with E-state index in [4.69, 9.17) is 22.1 Å². The third kappa shape index (κ3) is 3.87. The van der Waals surface area contributed by atoms with Gasteiger partial charge < -0.3 is 25.7 Å². The number of carbonyl (C=O) groups is 3. The summed E-state index contributed by atoms with van der Waals surface area (Å²) in [6, 6.07) is 11.5. The van der Waals surface area contributed by atoms with Gasteiger partial charge in [0.1, 0.15) is 22.7 Å². The second kappa shape index (κ2) is 8.10. The molecule has 0 aliphatic rings. The van der Waals surface area contributed by atoms with Gasteiger partial charge in [-0.1, -0.05) is 35.9 Å². The molecule has 0 amide bonds. The van der Waals surface area contributed by atoms with Gasteiger partial charge in [0.25, 0.3) is 5.56 Å². The number of rotatable bonds is 5. The quantitative estimate of drug-likeness (QED) is 0.356. The van der Waals surface area contributed by atoms with Crippen molar-refractivity contribution in [2.45, 2.75) is 0 Å². The first-order valence-corrected chi connectivity index (χ1v) is 8.68. The summed E-state index contributed by atoms with van der Waals surface area (Å²) in [6.45, 7) is 0. The first-order chi connectivity index (χ1) is 14.2. The third-order valence-electron chi connectivity index (χ3n) is 4.12. The minimum atomic E-state index is -1.62. The Morgan fingerprint density at radius 1 is 0.933 bits per heavy atom. The zero-order valence-electron chi connectivity index (χ0n) is 15.0. The van der Waals surface area contributed by atoms with Gasteiger partial charge in [0.2, 0.25) is 0 Å².